The zero-order valence-electron chi connectivity index (χ0n) is 13.0. The van der Waals surface area contributed by atoms with E-state index < -0.39 is 0 Å². The van der Waals surface area contributed by atoms with Gasteiger partial charge in [0.25, 0.3) is 5.91 Å². The standard InChI is InChI=1S/C18H20ClNO3/c1-23-16-11-5-9-14(19)17(16)18(22)20-15(10-6-12-21)13-7-3-2-4-8-13/h2-5,7-9,11,15,21H,6,10,12H2,1H3,(H,20,22). The number of amides is 1. The third-order valence-electron chi connectivity index (χ3n) is 3.58. The van der Waals surface area contributed by atoms with Gasteiger partial charge in [0.15, 0.2) is 0 Å². The summed E-state index contributed by atoms with van der Waals surface area (Å²) in [5.74, 6) is 0.142. The van der Waals surface area contributed by atoms with Gasteiger partial charge in [-0.3, -0.25) is 4.79 Å². The number of rotatable bonds is 7. The highest BCUT2D eigenvalue weighted by molar-refractivity contribution is 6.34. The molecule has 1 amide bonds. The van der Waals surface area contributed by atoms with Gasteiger partial charge < -0.3 is 15.2 Å². The van der Waals surface area contributed by atoms with Gasteiger partial charge in [-0.15, -0.1) is 0 Å². The second-order valence-electron chi connectivity index (χ2n) is 5.12. The van der Waals surface area contributed by atoms with E-state index in [-0.39, 0.29) is 18.6 Å². The summed E-state index contributed by atoms with van der Waals surface area (Å²) in [4.78, 5) is 12.7. The normalized spacial score (nSPS) is 11.8. The maximum Gasteiger partial charge on any atom is 0.257 e. The summed E-state index contributed by atoms with van der Waals surface area (Å²) >= 11 is 6.16. The van der Waals surface area contributed by atoms with E-state index in [4.69, 9.17) is 21.4 Å². The van der Waals surface area contributed by atoms with Crippen LogP contribution in [0.2, 0.25) is 5.02 Å². The monoisotopic (exact) mass is 333 g/mol. The number of methoxy groups -OCH3 is 1. The first-order valence-electron chi connectivity index (χ1n) is 7.46. The van der Waals surface area contributed by atoms with Crippen molar-refractivity contribution in [1.29, 1.82) is 0 Å². The summed E-state index contributed by atoms with van der Waals surface area (Å²) in [7, 11) is 1.50. The molecule has 122 valence electrons. The predicted octanol–water partition coefficient (Wildman–Crippen LogP) is 3.59. The van der Waals surface area contributed by atoms with Crippen LogP contribution in [0.25, 0.3) is 0 Å². The van der Waals surface area contributed by atoms with Gasteiger partial charge in [0.2, 0.25) is 0 Å². The number of hydrogen-bond acceptors (Lipinski definition) is 3. The first-order chi connectivity index (χ1) is 11.2. The lowest BCUT2D eigenvalue weighted by atomic mass is 10.0. The minimum absolute atomic E-state index is 0.0780. The fourth-order valence-electron chi connectivity index (χ4n) is 2.43. The van der Waals surface area contributed by atoms with Crippen molar-refractivity contribution in [2.24, 2.45) is 0 Å². The average Bonchev–Trinajstić information content (AvgIpc) is 2.58. The number of aliphatic hydroxyl groups excluding tert-OH is 1. The number of aliphatic hydroxyl groups is 1. The molecule has 0 spiro atoms. The van der Waals surface area contributed by atoms with E-state index in [9.17, 15) is 4.79 Å². The van der Waals surface area contributed by atoms with Crippen LogP contribution in [0.15, 0.2) is 48.5 Å². The summed E-state index contributed by atoms with van der Waals surface area (Å²) in [6.45, 7) is 0.0780. The molecule has 0 aliphatic rings. The largest absolute Gasteiger partial charge is 0.496 e. The SMILES string of the molecule is COc1cccc(Cl)c1C(=O)NC(CCCO)c1ccccc1. The number of hydrogen-bond donors (Lipinski definition) is 2. The number of nitrogens with one attached hydrogen (secondary N) is 1. The van der Waals surface area contributed by atoms with Crippen LogP contribution in [0.1, 0.15) is 34.8 Å². The minimum atomic E-state index is -0.292. The Morgan fingerprint density at radius 2 is 1.96 bits per heavy atom. The zero-order valence-corrected chi connectivity index (χ0v) is 13.7. The Labute approximate surface area is 141 Å². The Balaban J connectivity index is 2.24. The molecule has 0 aliphatic carbocycles. The zero-order chi connectivity index (χ0) is 16.7. The first kappa shape index (κ1) is 17.3. The minimum Gasteiger partial charge on any atom is -0.496 e. The number of halogens is 1. The van der Waals surface area contributed by atoms with Crippen LogP contribution < -0.4 is 10.1 Å². The Morgan fingerprint density at radius 1 is 1.22 bits per heavy atom. The van der Waals surface area contributed by atoms with Crippen LogP contribution in [0.4, 0.5) is 0 Å². The Morgan fingerprint density at radius 3 is 2.61 bits per heavy atom. The van der Waals surface area contributed by atoms with Gasteiger partial charge in [0.1, 0.15) is 5.75 Å². The van der Waals surface area contributed by atoms with Crippen molar-refractivity contribution in [3.8, 4) is 5.75 Å². The fraction of sp³-hybridized carbons (Fsp3) is 0.278. The Kier molecular flexibility index (Phi) is 6.44. The number of benzene rings is 2. The molecule has 1 unspecified atom stereocenters. The second kappa shape index (κ2) is 8.56. The molecule has 2 rings (SSSR count). The van der Waals surface area contributed by atoms with Crippen LogP contribution in [0.3, 0.4) is 0 Å². The van der Waals surface area contributed by atoms with Crippen LogP contribution in [0, 0.1) is 0 Å². The van der Waals surface area contributed by atoms with Gasteiger partial charge in [0.05, 0.1) is 23.7 Å². The van der Waals surface area contributed by atoms with Crippen molar-refractivity contribution in [3.05, 3.63) is 64.7 Å². The topological polar surface area (TPSA) is 58.6 Å². The van der Waals surface area contributed by atoms with E-state index in [1.807, 2.05) is 30.3 Å². The molecule has 2 aromatic carbocycles. The molecule has 0 fully saturated rings. The highest BCUT2D eigenvalue weighted by Gasteiger charge is 2.20. The summed E-state index contributed by atoms with van der Waals surface area (Å²) in [5, 5.41) is 12.4. The average molecular weight is 334 g/mol. The van der Waals surface area contributed by atoms with Gasteiger partial charge >= 0.3 is 0 Å². The van der Waals surface area contributed by atoms with E-state index in [0.717, 1.165) is 5.56 Å². The molecular weight excluding hydrogens is 314 g/mol. The maximum absolute atomic E-state index is 12.7. The highest BCUT2D eigenvalue weighted by atomic mass is 35.5. The molecular formula is C18H20ClNO3. The molecule has 0 heterocycles. The van der Waals surface area contributed by atoms with E-state index in [1.165, 1.54) is 7.11 Å². The summed E-state index contributed by atoms with van der Waals surface area (Å²) < 4.78 is 5.23. The molecule has 0 saturated heterocycles. The molecule has 0 aromatic heterocycles. The molecule has 0 saturated carbocycles. The smallest absolute Gasteiger partial charge is 0.257 e. The fourth-order valence-corrected chi connectivity index (χ4v) is 2.68. The molecule has 2 N–H and O–H groups in total. The molecule has 23 heavy (non-hydrogen) atoms. The number of ether oxygens (including phenoxy) is 1. The van der Waals surface area contributed by atoms with Crippen LogP contribution in [-0.4, -0.2) is 24.7 Å². The van der Waals surface area contributed by atoms with E-state index in [2.05, 4.69) is 5.32 Å². The Hall–Kier alpha value is -2.04. The third-order valence-corrected chi connectivity index (χ3v) is 3.90. The van der Waals surface area contributed by atoms with Crippen LogP contribution >= 0.6 is 11.6 Å². The van der Waals surface area contributed by atoms with Crippen molar-refractivity contribution in [1.82, 2.24) is 5.32 Å². The summed E-state index contributed by atoms with van der Waals surface area (Å²) in [6, 6.07) is 14.6. The van der Waals surface area contributed by atoms with E-state index >= 15 is 0 Å². The van der Waals surface area contributed by atoms with Gasteiger partial charge in [0, 0.05) is 6.61 Å². The van der Waals surface area contributed by atoms with Gasteiger partial charge in [-0.05, 0) is 30.5 Å². The molecule has 0 aliphatic heterocycles. The van der Waals surface area contributed by atoms with E-state index in [1.54, 1.807) is 18.2 Å². The van der Waals surface area contributed by atoms with Crippen molar-refractivity contribution in [2.45, 2.75) is 18.9 Å². The lowest BCUT2D eigenvalue weighted by Crippen LogP contribution is -2.29. The van der Waals surface area contributed by atoms with Gasteiger partial charge in [-0.2, -0.15) is 0 Å². The molecule has 2 aromatic rings. The van der Waals surface area contributed by atoms with E-state index in [0.29, 0.717) is 29.2 Å². The quantitative estimate of drug-likeness (QED) is 0.814. The van der Waals surface area contributed by atoms with Crippen molar-refractivity contribution < 1.29 is 14.6 Å². The Bertz CT molecular complexity index is 646. The maximum atomic E-state index is 12.7. The van der Waals surface area contributed by atoms with Crippen molar-refractivity contribution in [3.63, 3.8) is 0 Å². The summed E-state index contributed by atoms with van der Waals surface area (Å²) in [6.07, 6.45) is 1.23. The summed E-state index contributed by atoms with van der Waals surface area (Å²) in [5.41, 5.74) is 1.31. The number of carbonyl (C=O) groups excluding carboxylic acids is 1. The van der Waals surface area contributed by atoms with Crippen molar-refractivity contribution in [2.75, 3.05) is 13.7 Å². The molecule has 5 heteroatoms. The molecule has 0 bridgehead atoms. The molecule has 0 radical (unpaired) electrons. The van der Waals surface area contributed by atoms with Crippen LogP contribution in [-0.2, 0) is 0 Å². The third kappa shape index (κ3) is 4.47. The predicted molar refractivity (Wildman–Crippen MR) is 91.0 cm³/mol. The van der Waals surface area contributed by atoms with Crippen LogP contribution in [0.5, 0.6) is 5.75 Å². The lowest BCUT2D eigenvalue weighted by molar-refractivity contribution is 0.0929. The molecule has 4 nitrogen and oxygen atoms in total. The molecule has 1 atom stereocenters. The van der Waals surface area contributed by atoms with Crippen molar-refractivity contribution >= 4 is 17.5 Å². The van der Waals surface area contributed by atoms with Gasteiger partial charge in [-0.25, -0.2) is 0 Å². The highest BCUT2D eigenvalue weighted by Crippen LogP contribution is 2.27. The first-order valence-corrected chi connectivity index (χ1v) is 7.84. The second-order valence-corrected chi connectivity index (χ2v) is 5.53. The number of carbonyl (C=O) groups is 1. The lowest BCUT2D eigenvalue weighted by Gasteiger charge is -2.20. The van der Waals surface area contributed by atoms with Gasteiger partial charge in [-0.1, -0.05) is 48.0 Å².